The van der Waals surface area contributed by atoms with Gasteiger partial charge in [0, 0.05) is 25.0 Å². The van der Waals surface area contributed by atoms with Crippen molar-refractivity contribution < 1.29 is 14.5 Å². The number of methoxy groups -OCH3 is 1. The third-order valence-electron chi connectivity index (χ3n) is 3.46. The van der Waals surface area contributed by atoms with E-state index in [2.05, 4.69) is 0 Å². The van der Waals surface area contributed by atoms with Crippen molar-refractivity contribution in [2.24, 2.45) is 0 Å². The number of amides is 1. The number of hydrogen-bond donors (Lipinski definition) is 0. The van der Waals surface area contributed by atoms with Crippen LogP contribution in [0.3, 0.4) is 0 Å². The second-order valence-corrected chi connectivity index (χ2v) is 5.25. The standard InChI is InChI=1S/C16H18ClN3O4/c1-4-19(6-5-17)16(21)13(10-18)7-12-8-14(20(22)23)11(2)15(9-12)24-3/h7-9H,4-6H2,1-3H3/b13-7+. The Morgan fingerprint density at radius 2 is 2.21 bits per heavy atom. The molecule has 1 aromatic carbocycles. The number of nitriles is 1. The van der Waals surface area contributed by atoms with Gasteiger partial charge in [-0.05, 0) is 31.6 Å². The molecule has 1 amide bonds. The number of nitrogens with zero attached hydrogens (tertiary/aromatic N) is 3. The Morgan fingerprint density at radius 1 is 1.54 bits per heavy atom. The van der Waals surface area contributed by atoms with Crippen LogP contribution in [0, 0.1) is 28.4 Å². The summed E-state index contributed by atoms with van der Waals surface area (Å²) in [5.41, 5.74) is 0.457. The minimum Gasteiger partial charge on any atom is -0.496 e. The molecule has 1 rings (SSSR count). The largest absolute Gasteiger partial charge is 0.496 e. The third-order valence-corrected chi connectivity index (χ3v) is 3.63. The lowest BCUT2D eigenvalue weighted by molar-refractivity contribution is -0.385. The van der Waals surface area contributed by atoms with Crippen molar-refractivity contribution in [3.8, 4) is 11.8 Å². The van der Waals surface area contributed by atoms with Crippen LogP contribution in [0.25, 0.3) is 6.08 Å². The molecule has 0 fully saturated rings. The van der Waals surface area contributed by atoms with Crippen molar-refractivity contribution in [1.82, 2.24) is 4.90 Å². The van der Waals surface area contributed by atoms with Gasteiger partial charge >= 0.3 is 0 Å². The molecule has 0 N–H and O–H groups in total. The predicted molar refractivity (Wildman–Crippen MR) is 90.9 cm³/mol. The van der Waals surface area contributed by atoms with E-state index in [1.54, 1.807) is 19.9 Å². The van der Waals surface area contributed by atoms with Crippen LogP contribution in [-0.2, 0) is 4.79 Å². The molecule has 0 aliphatic carbocycles. The van der Waals surface area contributed by atoms with E-state index in [0.29, 0.717) is 30.0 Å². The van der Waals surface area contributed by atoms with E-state index in [0.717, 1.165) is 0 Å². The number of nitro groups is 1. The van der Waals surface area contributed by atoms with Crippen LogP contribution in [-0.4, -0.2) is 41.8 Å². The molecule has 0 bridgehead atoms. The number of likely N-dealkylation sites (N-methyl/N-ethyl adjacent to an activating group) is 1. The Bertz CT molecular complexity index is 710. The molecule has 1 aromatic rings. The van der Waals surface area contributed by atoms with Crippen molar-refractivity contribution in [3.05, 3.63) is 38.9 Å². The van der Waals surface area contributed by atoms with Gasteiger partial charge in [-0.25, -0.2) is 0 Å². The summed E-state index contributed by atoms with van der Waals surface area (Å²) >= 11 is 5.65. The molecule has 0 aliphatic heterocycles. The number of ether oxygens (including phenoxy) is 1. The van der Waals surface area contributed by atoms with Crippen molar-refractivity contribution in [3.63, 3.8) is 0 Å². The highest BCUT2D eigenvalue weighted by molar-refractivity contribution is 6.18. The molecular weight excluding hydrogens is 334 g/mol. The van der Waals surface area contributed by atoms with Gasteiger partial charge in [-0.1, -0.05) is 0 Å². The lowest BCUT2D eigenvalue weighted by Crippen LogP contribution is -2.33. The Balaban J connectivity index is 3.35. The van der Waals surface area contributed by atoms with Crippen molar-refractivity contribution in [1.29, 1.82) is 5.26 Å². The molecule has 0 radical (unpaired) electrons. The number of rotatable bonds is 7. The SMILES string of the molecule is CCN(CCCl)C(=O)/C(C#N)=C/c1cc(OC)c(C)c([N+](=O)[O-])c1. The molecule has 0 unspecified atom stereocenters. The average Bonchev–Trinajstić information content (AvgIpc) is 2.57. The Morgan fingerprint density at radius 3 is 2.67 bits per heavy atom. The number of carbonyl (C=O) groups excluding carboxylic acids is 1. The normalized spacial score (nSPS) is 10.9. The van der Waals surface area contributed by atoms with Gasteiger partial charge in [0.2, 0.25) is 0 Å². The number of nitro benzene ring substituents is 1. The number of benzene rings is 1. The van der Waals surface area contributed by atoms with E-state index in [-0.39, 0.29) is 17.1 Å². The molecule has 0 heterocycles. The van der Waals surface area contributed by atoms with Crippen LogP contribution in [0.15, 0.2) is 17.7 Å². The molecule has 0 spiro atoms. The highest BCUT2D eigenvalue weighted by atomic mass is 35.5. The molecule has 0 saturated carbocycles. The van der Waals surface area contributed by atoms with Gasteiger partial charge in [-0.2, -0.15) is 5.26 Å². The van der Waals surface area contributed by atoms with Gasteiger partial charge in [0.15, 0.2) is 0 Å². The van der Waals surface area contributed by atoms with E-state index in [1.165, 1.54) is 24.2 Å². The van der Waals surface area contributed by atoms with Crippen molar-refractivity contribution in [2.75, 3.05) is 26.1 Å². The molecular formula is C16H18ClN3O4. The maximum Gasteiger partial charge on any atom is 0.276 e. The number of hydrogen-bond acceptors (Lipinski definition) is 5. The van der Waals surface area contributed by atoms with Crippen molar-refractivity contribution in [2.45, 2.75) is 13.8 Å². The maximum absolute atomic E-state index is 12.4. The van der Waals surface area contributed by atoms with Gasteiger partial charge in [0.25, 0.3) is 11.6 Å². The molecule has 7 nitrogen and oxygen atoms in total. The first-order valence-electron chi connectivity index (χ1n) is 7.19. The van der Waals surface area contributed by atoms with E-state index in [9.17, 15) is 20.2 Å². The molecule has 128 valence electrons. The lowest BCUT2D eigenvalue weighted by Gasteiger charge is -2.18. The summed E-state index contributed by atoms with van der Waals surface area (Å²) in [5.74, 6) is 0.0957. The van der Waals surface area contributed by atoms with Crippen LogP contribution in [0.1, 0.15) is 18.1 Å². The number of carbonyl (C=O) groups is 1. The smallest absolute Gasteiger partial charge is 0.276 e. The Labute approximate surface area is 145 Å². The Hall–Kier alpha value is -2.59. The monoisotopic (exact) mass is 351 g/mol. The summed E-state index contributed by atoms with van der Waals surface area (Å²) in [6, 6.07) is 4.69. The van der Waals surface area contributed by atoms with E-state index >= 15 is 0 Å². The second kappa shape index (κ2) is 8.89. The third kappa shape index (κ3) is 4.46. The van der Waals surface area contributed by atoms with Crippen LogP contribution in [0.4, 0.5) is 5.69 Å². The highest BCUT2D eigenvalue weighted by Crippen LogP contribution is 2.30. The zero-order chi connectivity index (χ0) is 18.3. The summed E-state index contributed by atoms with van der Waals surface area (Å²) in [4.78, 5) is 24.4. The zero-order valence-electron chi connectivity index (χ0n) is 13.7. The number of alkyl halides is 1. The molecule has 0 aromatic heterocycles. The van der Waals surface area contributed by atoms with Crippen LogP contribution < -0.4 is 4.74 Å². The van der Waals surface area contributed by atoms with E-state index in [1.807, 2.05) is 6.07 Å². The zero-order valence-corrected chi connectivity index (χ0v) is 14.5. The van der Waals surface area contributed by atoms with E-state index < -0.39 is 10.8 Å². The summed E-state index contributed by atoms with van der Waals surface area (Å²) < 4.78 is 5.13. The lowest BCUT2D eigenvalue weighted by atomic mass is 10.1. The topological polar surface area (TPSA) is 96.5 Å². The minimum absolute atomic E-state index is 0.123. The molecule has 0 saturated heterocycles. The first-order valence-corrected chi connectivity index (χ1v) is 7.73. The molecule has 24 heavy (non-hydrogen) atoms. The number of halogens is 1. The fourth-order valence-electron chi connectivity index (χ4n) is 2.16. The fourth-order valence-corrected chi connectivity index (χ4v) is 2.37. The average molecular weight is 352 g/mol. The summed E-state index contributed by atoms with van der Waals surface area (Å²) in [5, 5.41) is 20.4. The van der Waals surface area contributed by atoms with Gasteiger partial charge in [0.1, 0.15) is 17.4 Å². The molecule has 8 heteroatoms. The second-order valence-electron chi connectivity index (χ2n) is 4.87. The van der Waals surface area contributed by atoms with Gasteiger partial charge in [-0.15, -0.1) is 11.6 Å². The summed E-state index contributed by atoms with van der Waals surface area (Å²) in [6.07, 6.45) is 1.31. The summed E-state index contributed by atoms with van der Waals surface area (Å²) in [6.45, 7) is 4.06. The quantitative estimate of drug-likeness (QED) is 0.247. The molecule has 0 atom stereocenters. The first-order chi connectivity index (χ1) is 11.4. The van der Waals surface area contributed by atoms with Gasteiger partial charge in [0.05, 0.1) is 17.6 Å². The van der Waals surface area contributed by atoms with Crippen LogP contribution in [0.2, 0.25) is 0 Å². The highest BCUT2D eigenvalue weighted by Gasteiger charge is 2.19. The van der Waals surface area contributed by atoms with Crippen molar-refractivity contribution >= 4 is 29.3 Å². The van der Waals surface area contributed by atoms with Crippen LogP contribution >= 0.6 is 11.6 Å². The Kier molecular flexibility index (Phi) is 7.21. The van der Waals surface area contributed by atoms with Crippen LogP contribution in [0.5, 0.6) is 5.75 Å². The summed E-state index contributed by atoms with van der Waals surface area (Å²) in [7, 11) is 1.40. The van der Waals surface area contributed by atoms with E-state index in [4.69, 9.17) is 16.3 Å². The molecule has 0 aliphatic rings. The maximum atomic E-state index is 12.4. The van der Waals surface area contributed by atoms with Gasteiger partial charge in [-0.3, -0.25) is 14.9 Å². The minimum atomic E-state index is -0.533. The fraction of sp³-hybridized carbons (Fsp3) is 0.375. The van der Waals surface area contributed by atoms with Gasteiger partial charge < -0.3 is 9.64 Å². The first kappa shape index (κ1) is 19.5. The predicted octanol–water partition coefficient (Wildman–Crippen LogP) is 2.91.